The second kappa shape index (κ2) is 5.61. The first kappa shape index (κ1) is 12.5. The minimum atomic E-state index is -0.117. The van der Waals surface area contributed by atoms with Crippen LogP contribution in [0.25, 0.3) is 0 Å². The maximum absolute atomic E-state index is 14.0. The lowest BCUT2D eigenvalue weighted by Gasteiger charge is -2.21. The van der Waals surface area contributed by atoms with Crippen molar-refractivity contribution in [2.75, 3.05) is 0 Å². The Bertz CT molecular complexity index is 372. The summed E-state index contributed by atoms with van der Waals surface area (Å²) >= 11 is 0. The molecule has 1 aliphatic rings. The van der Waals surface area contributed by atoms with E-state index in [-0.39, 0.29) is 11.9 Å². The van der Waals surface area contributed by atoms with Crippen LogP contribution in [0.3, 0.4) is 0 Å². The van der Waals surface area contributed by atoms with Crippen molar-refractivity contribution >= 4 is 0 Å². The summed E-state index contributed by atoms with van der Waals surface area (Å²) in [7, 11) is 0. The summed E-state index contributed by atoms with van der Waals surface area (Å²) in [4.78, 5) is 0. The molecule has 2 rings (SSSR count). The van der Waals surface area contributed by atoms with E-state index < -0.39 is 0 Å². The van der Waals surface area contributed by atoms with Crippen LogP contribution in [-0.2, 0) is 0 Å². The fourth-order valence-corrected chi connectivity index (χ4v) is 2.80. The van der Waals surface area contributed by atoms with E-state index in [1.165, 1.54) is 25.7 Å². The third-order valence-electron chi connectivity index (χ3n) is 3.84. The summed E-state index contributed by atoms with van der Waals surface area (Å²) < 4.78 is 14.0. The molecule has 2 nitrogen and oxygen atoms in total. The fourth-order valence-electron chi connectivity index (χ4n) is 2.80. The number of halogens is 1. The molecule has 1 fully saturated rings. The van der Waals surface area contributed by atoms with E-state index in [9.17, 15) is 4.39 Å². The van der Waals surface area contributed by atoms with Crippen molar-refractivity contribution in [3.8, 4) is 0 Å². The summed E-state index contributed by atoms with van der Waals surface area (Å²) in [5, 5.41) is 0. The Morgan fingerprint density at radius 3 is 2.76 bits per heavy atom. The highest BCUT2D eigenvalue weighted by atomic mass is 19.1. The molecule has 1 atom stereocenters. The van der Waals surface area contributed by atoms with Gasteiger partial charge in [0.05, 0.1) is 0 Å². The Hall–Kier alpha value is -0.930. The van der Waals surface area contributed by atoms with Gasteiger partial charge in [-0.1, -0.05) is 43.9 Å². The third-order valence-corrected chi connectivity index (χ3v) is 3.84. The average Bonchev–Trinajstić information content (AvgIpc) is 2.83. The average molecular weight is 236 g/mol. The van der Waals surface area contributed by atoms with Gasteiger partial charge in [0.1, 0.15) is 5.82 Å². The Kier molecular flexibility index (Phi) is 4.13. The summed E-state index contributed by atoms with van der Waals surface area (Å²) in [5.41, 5.74) is 4.17. The van der Waals surface area contributed by atoms with Gasteiger partial charge in [0.2, 0.25) is 0 Å². The zero-order valence-electron chi connectivity index (χ0n) is 10.4. The maximum atomic E-state index is 14.0. The van der Waals surface area contributed by atoms with Gasteiger partial charge in [-0.15, -0.1) is 0 Å². The predicted octanol–water partition coefficient (Wildman–Crippen LogP) is 3.22. The van der Waals surface area contributed by atoms with Crippen LogP contribution in [0.15, 0.2) is 18.2 Å². The molecule has 1 unspecified atom stereocenters. The zero-order chi connectivity index (χ0) is 12.3. The molecule has 0 aliphatic heterocycles. The van der Waals surface area contributed by atoms with Gasteiger partial charge in [-0.2, -0.15) is 0 Å². The normalized spacial score (nSPS) is 18.5. The topological polar surface area (TPSA) is 38.0 Å². The quantitative estimate of drug-likeness (QED) is 0.622. The van der Waals surface area contributed by atoms with Crippen molar-refractivity contribution in [3.05, 3.63) is 35.1 Å². The van der Waals surface area contributed by atoms with Crippen LogP contribution in [0.2, 0.25) is 0 Å². The molecule has 1 saturated carbocycles. The van der Waals surface area contributed by atoms with E-state index in [2.05, 4.69) is 5.43 Å². The van der Waals surface area contributed by atoms with Gasteiger partial charge in [0.25, 0.3) is 0 Å². The standard InChI is InChI=1S/C14H21FN2/c1-10-5-4-8-12(14(10)15)13(17-16)9-11-6-2-3-7-11/h4-5,8,11,13,17H,2-3,6-7,9,16H2,1H3. The molecule has 0 heterocycles. The first-order chi connectivity index (χ1) is 8.22. The highest BCUT2D eigenvalue weighted by molar-refractivity contribution is 5.27. The van der Waals surface area contributed by atoms with Crippen molar-refractivity contribution in [2.24, 2.45) is 11.8 Å². The molecule has 0 amide bonds. The van der Waals surface area contributed by atoms with Crippen molar-refractivity contribution < 1.29 is 4.39 Å². The third kappa shape index (κ3) is 2.85. The minimum absolute atomic E-state index is 0.0574. The van der Waals surface area contributed by atoms with E-state index in [0.717, 1.165) is 6.42 Å². The number of nitrogens with one attached hydrogen (secondary N) is 1. The Labute approximate surface area is 102 Å². The maximum Gasteiger partial charge on any atom is 0.130 e. The molecule has 0 spiro atoms. The Morgan fingerprint density at radius 1 is 1.41 bits per heavy atom. The predicted molar refractivity (Wildman–Crippen MR) is 67.8 cm³/mol. The van der Waals surface area contributed by atoms with Crippen LogP contribution >= 0.6 is 0 Å². The number of benzene rings is 1. The van der Waals surface area contributed by atoms with Crippen molar-refractivity contribution in [1.29, 1.82) is 0 Å². The van der Waals surface area contributed by atoms with Crippen LogP contribution in [0.4, 0.5) is 4.39 Å². The molecule has 0 bridgehead atoms. The highest BCUT2D eigenvalue weighted by Gasteiger charge is 2.22. The molecule has 3 N–H and O–H groups in total. The van der Waals surface area contributed by atoms with Crippen LogP contribution in [0.5, 0.6) is 0 Å². The first-order valence-corrected chi connectivity index (χ1v) is 6.43. The SMILES string of the molecule is Cc1cccc(C(CC2CCCC2)NN)c1F. The minimum Gasteiger partial charge on any atom is -0.271 e. The molecular weight excluding hydrogens is 215 g/mol. The summed E-state index contributed by atoms with van der Waals surface area (Å²) in [6, 6.07) is 5.47. The number of hydrazine groups is 1. The lowest BCUT2D eigenvalue weighted by Crippen LogP contribution is -2.30. The van der Waals surface area contributed by atoms with Crippen LogP contribution in [-0.4, -0.2) is 0 Å². The van der Waals surface area contributed by atoms with E-state index >= 15 is 0 Å². The fraction of sp³-hybridized carbons (Fsp3) is 0.571. The zero-order valence-corrected chi connectivity index (χ0v) is 10.4. The van der Waals surface area contributed by atoms with Crippen LogP contribution < -0.4 is 11.3 Å². The van der Waals surface area contributed by atoms with E-state index in [0.29, 0.717) is 17.0 Å². The Balaban J connectivity index is 2.13. The van der Waals surface area contributed by atoms with Gasteiger partial charge in [-0.05, 0) is 24.8 Å². The molecule has 94 valence electrons. The van der Waals surface area contributed by atoms with Gasteiger partial charge in [-0.25, -0.2) is 4.39 Å². The summed E-state index contributed by atoms with van der Waals surface area (Å²) in [6.07, 6.45) is 6.06. The number of rotatable bonds is 4. The second-order valence-corrected chi connectivity index (χ2v) is 5.08. The molecule has 1 aromatic carbocycles. The molecule has 17 heavy (non-hydrogen) atoms. The van der Waals surface area contributed by atoms with Crippen molar-refractivity contribution in [3.63, 3.8) is 0 Å². The molecule has 0 aromatic heterocycles. The van der Waals surface area contributed by atoms with Gasteiger partial charge in [-0.3, -0.25) is 11.3 Å². The van der Waals surface area contributed by atoms with Gasteiger partial charge >= 0.3 is 0 Å². The molecule has 1 aromatic rings. The Morgan fingerprint density at radius 2 is 2.12 bits per heavy atom. The lowest BCUT2D eigenvalue weighted by atomic mass is 9.93. The lowest BCUT2D eigenvalue weighted by molar-refractivity contribution is 0.389. The number of hydrogen-bond donors (Lipinski definition) is 2. The molecule has 0 saturated heterocycles. The number of nitrogens with two attached hydrogens (primary N) is 1. The summed E-state index contributed by atoms with van der Waals surface area (Å²) in [6.45, 7) is 1.79. The van der Waals surface area contributed by atoms with Crippen LogP contribution in [0, 0.1) is 18.7 Å². The largest absolute Gasteiger partial charge is 0.271 e. The van der Waals surface area contributed by atoms with Crippen molar-refractivity contribution in [2.45, 2.75) is 45.1 Å². The van der Waals surface area contributed by atoms with Crippen LogP contribution in [0.1, 0.15) is 49.3 Å². The van der Waals surface area contributed by atoms with E-state index in [1.807, 2.05) is 12.1 Å². The van der Waals surface area contributed by atoms with Gasteiger partial charge in [0, 0.05) is 11.6 Å². The number of hydrogen-bond acceptors (Lipinski definition) is 2. The van der Waals surface area contributed by atoms with Gasteiger partial charge < -0.3 is 0 Å². The first-order valence-electron chi connectivity index (χ1n) is 6.43. The molecule has 0 radical (unpaired) electrons. The van der Waals surface area contributed by atoms with E-state index in [1.54, 1.807) is 13.0 Å². The monoisotopic (exact) mass is 236 g/mol. The van der Waals surface area contributed by atoms with Crippen molar-refractivity contribution in [1.82, 2.24) is 5.43 Å². The summed E-state index contributed by atoms with van der Waals surface area (Å²) in [5.74, 6) is 6.16. The molecule has 1 aliphatic carbocycles. The second-order valence-electron chi connectivity index (χ2n) is 5.08. The smallest absolute Gasteiger partial charge is 0.130 e. The van der Waals surface area contributed by atoms with Gasteiger partial charge in [0.15, 0.2) is 0 Å². The molecule has 3 heteroatoms. The molecular formula is C14H21FN2. The van der Waals surface area contributed by atoms with E-state index in [4.69, 9.17) is 5.84 Å². The number of aryl methyl sites for hydroxylation is 1. The highest BCUT2D eigenvalue weighted by Crippen LogP contribution is 2.33.